The Bertz CT molecular complexity index is 2370. The summed E-state index contributed by atoms with van der Waals surface area (Å²) in [6, 6.07) is 34.9. The van der Waals surface area contributed by atoms with Crippen molar-refractivity contribution in [2.24, 2.45) is 0 Å². The fraction of sp³-hybridized carbons (Fsp3) is 0.217. The molecule has 2 amide bonds. The summed E-state index contributed by atoms with van der Waals surface area (Å²) in [6.45, 7) is 14.3. The van der Waals surface area contributed by atoms with Gasteiger partial charge in [-0.3, -0.25) is 19.6 Å². The summed E-state index contributed by atoms with van der Waals surface area (Å²) in [5, 5.41) is 2.67. The molecule has 2 fully saturated rings. The van der Waals surface area contributed by atoms with Crippen LogP contribution in [0.3, 0.4) is 0 Å². The maximum atomic E-state index is 12.9. The molecular formula is C46H45ClN6O3. The Morgan fingerprint density at radius 3 is 1.64 bits per heavy atom. The zero-order valence-electron chi connectivity index (χ0n) is 31.6. The van der Waals surface area contributed by atoms with Gasteiger partial charge in [-0.25, -0.2) is 0 Å². The van der Waals surface area contributed by atoms with E-state index in [0.29, 0.717) is 36.8 Å². The fourth-order valence-electron chi connectivity index (χ4n) is 7.14. The Kier molecular flexibility index (Phi) is 11.9. The van der Waals surface area contributed by atoms with Crippen LogP contribution in [0.2, 0.25) is 5.02 Å². The summed E-state index contributed by atoms with van der Waals surface area (Å²) in [4.78, 5) is 42.7. The Morgan fingerprint density at radius 2 is 1.12 bits per heavy atom. The van der Waals surface area contributed by atoms with Gasteiger partial charge in [-0.15, -0.1) is 0 Å². The molecule has 2 saturated heterocycles. The zero-order chi connectivity index (χ0) is 39.0. The molecule has 0 spiro atoms. The molecule has 0 radical (unpaired) electrons. The number of hydrogen-bond donors (Lipinski definition) is 0. The van der Waals surface area contributed by atoms with Gasteiger partial charge in [0, 0.05) is 115 Å². The lowest BCUT2D eigenvalue weighted by molar-refractivity contribution is 0.0666. The number of allylic oxidation sites excluding steroid dienone is 1. The number of ether oxygens (including phenoxy) is 1. The number of hydrogen-bond acceptors (Lipinski definition) is 7. The minimum Gasteiger partial charge on any atom is -0.497 e. The van der Waals surface area contributed by atoms with Crippen LogP contribution in [0.15, 0.2) is 140 Å². The molecule has 2 aliphatic heterocycles. The Labute approximate surface area is 333 Å². The number of carbonyl (C=O) groups is 2. The lowest BCUT2D eigenvalue weighted by atomic mass is 10.1. The highest BCUT2D eigenvalue weighted by Gasteiger charge is 2.25. The number of benzene rings is 4. The summed E-state index contributed by atoms with van der Waals surface area (Å²) < 4.78 is 5.21. The predicted octanol–water partition coefficient (Wildman–Crippen LogP) is 8.07. The number of nitrogens with zero attached hydrogens (tertiary/aromatic N) is 6. The molecule has 2 aliphatic rings. The molecule has 8 rings (SSSR count). The average molecular weight is 765 g/mol. The van der Waals surface area contributed by atoms with E-state index < -0.39 is 0 Å². The summed E-state index contributed by atoms with van der Waals surface area (Å²) in [5.74, 6) is 0.996. The molecule has 0 saturated carbocycles. The Morgan fingerprint density at radius 1 is 0.625 bits per heavy atom. The Balaban J connectivity index is 0.000000172. The van der Waals surface area contributed by atoms with Crippen LogP contribution in [0.25, 0.3) is 27.5 Å². The number of carbonyl (C=O) groups excluding carboxylic acids is 2. The average Bonchev–Trinajstić information content (AvgIpc) is 3.26. The van der Waals surface area contributed by atoms with E-state index in [9.17, 15) is 9.59 Å². The maximum absolute atomic E-state index is 12.9. The number of halogens is 1. The quantitative estimate of drug-likeness (QED) is 0.155. The highest BCUT2D eigenvalue weighted by atomic mass is 35.5. The number of piperazine rings is 2. The lowest BCUT2D eigenvalue weighted by Gasteiger charge is -2.37. The first-order valence-electron chi connectivity index (χ1n) is 18.8. The van der Waals surface area contributed by atoms with Crippen molar-refractivity contribution in [2.45, 2.75) is 6.42 Å². The molecule has 2 aromatic heterocycles. The van der Waals surface area contributed by atoms with Crippen LogP contribution >= 0.6 is 11.6 Å². The van der Waals surface area contributed by atoms with Crippen LogP contribution in [-0.2, 0) is 6.42 Å². The molecule has 4 aromatic carbocycles. The van der Waals surface area contributed by atoms with Gasteiger partial charge in [0.1, 0.15) is 5.75 Å². The van der Waals surface area contributed by atoms with Gasteiger partial charge in [0.05, 0.1) is 18.1 Å². The molecule has 9 nitrogen and oxygen atoms in total. The number of pyridine rings is 2. The van der Waals surface area contributed by atoms with Crippen molar-refractivity contribution in [3.05, 3.63) is 168 Å². The van der Waals surface area contributed by atoms with E-state index in [2.05, 4.69) is 45.1 Å². The second-order valence-electron chi connectivity index (χ2n) is 13.9. The first-order chi connectivity index (χ1) is 27.3. The molecule has 0 N–H and O–H groups in total. The largest absolute Gasteiger partial charge is 0.497 e. The summed E-state index contributed by atoms with van der Waals surface area (Å²) in [6.07, 6.45) is 4.33. The lowest BCUT2D eigenvalue weighted by Crippen LogP contribution is -2.48. The smallest absolute Gasteiger partial charge is 0.253 e. The molecular weight excluding hydrogens is 720 g/mol. The van der Waals surface area contributed by atoms with Crippen molar-refractivity contribution in [1.82, 2.24) is 29.6 Å². The summed E-state index contributed by atoms with van der Waals surface area (Å²) in [5.41, 5.74) is 7.37. The molecule has 6 aromatic rings. The van der Waals surface area contributed by atoms with E-state index in [4.69, 9.17) is 16.3 Å². The van der Waals surface area contributed by atoms with Gasteiger partial charge < -0.3 is 24.3 Å². The topological polar surface area (TPSA) is 82.1 Å². The van der Waals surface area contributed by atoms with E-state index in [0.717, 1.165) is 82.7 Å². The molecule has 4 heterocycles. The number of methoxy groups -OCH3 is 1. The number of amides is 2. The van der Waals surface area contributed by atoms with Gasteiger partial charge in [0.25, 0.3) is 11.8 Å². The van der Waals surface area contributed by atoms with Gasteiger partial charge in [-0.05, 0) is 72.3 Å². The van der Waals surface area contributed by atoms with Crippen LogP contribution in [-0.4, -0.2) is 101 Å². The van der Waals surface area contributed by atoms with Gasteiger partial charge >= 0.3 is 0 Å². The molecule has 0 aliphatic carbocycles. The number of fused-ring (bicyclic) bond motifs is 2. The van der Waals surface area contributed by atoms with E-state index in [1.165, 1.54) is 5.56 Å². The minimum atomic E-state index is 0.0590. The second-order valence-corrected chi connectivity index (χ2v) is 14.3. The van der Waals surface area contributed by atoms with Crippen molar-refractivity contribution >= 4 is 50.9 Å². The maximum Gasteiger partial charge on any atom is 0.253 e. The van der Waals surface area contributed by atoms with Crippen molar-refractivity contribution in [2.75, 3.05) is 59.5 Å². The normalized spacial score (nSPS) is 14.2. The molecule has 0 bridgehead atoms. The van der Waals surface area contributed by atoms with E-state index >= 15 is 0 Å². The summed E-state index contributed by atoms with van der Waals surface area (Å²) in [7, 11) is 1.67. The van der Waals surface area contributed by atoms with Gasteiger partial charge in [-0.1, -0.05) is 67.2 Å². The third-order valence-corrected chi connectivity index (χ3v) is 10.7. The SMILES string of the molecule is C=C(Cc1ccc(OC)cc1)N1CCN(C(=O)c2ccc3ncccc3c2)CC1.C=C(c1ccccc1Cl)N1CCN(C(=O)c2ccc3ncccc3c2)CC1. The van der Waals surface area contributed by atoms with Crippen LogP contribution < -0.4 is 4.74 Å². The van der Waals surface area contributed by atoms with Crippen LogP contribution in [0.4, 0.5) is 0 Å². The van der Waals surface area contributed by atoms with Crippen molar-refractivity contribution in [3.8, 4) is 5.75 Å². The standard InChI is InChI=1S/C24H25N3O2.C22H20ClN3O/c1-18(16-19-5-8-22(29-2)9-6-19)26-12-14-27(15-13-26)24(28)21-7-10-23-20(17-21)4-3-11-25-23;1-16(19-6-2-3-7-20(19)23)25-11-13-26(14-12-25)22(27)18-8-9-21-17(15-18)5-4-10-24-21/h3-11,17H,1,12-16H2,2H3;2-10,15H,1,11-14H2. The second kappa shape index (κ2) is 17.5. The van der Waals surface area contributed by atoms with Gasteiger partial charge in [0.2, 0.25) is 0 Å². The minimum absolute atomic E-state index is 0.0590. The summed E-state index contributed by atoms with van der Waals surface area (Å²) >= 11 is 6.29. The molecule has 56 heavy (non-hydrogen) atoms. The van der Waals surface area contributed by atoms with Crippen LogP contribution in [0.1, 0.15) is 31.8 Å². The molecule has 284 valence electrons. The van der Waals surface area contributed by atoms with E-state index in [1.807, 2.05) is 107 Å². The van der Waals surface area contributed by atoms with Crippen LogP contribution in [0, 0.1) is 0 Å². The number of rotatable bonds is 8. The molecule has 0 atom stereocenters. The highest BCUT2D eigenvalue weighted by molar-refractivity contribution is 6.32. The van der Waals surface area contributed by atoms with Crippen molar-refractivity contribution < 1.29 is 14.3 Å². The fourth-order valence-corrected chi connectivity index (χ4v) is 7.39. The molecule has 10 heteroatoms. The predicted molar refractivity (Wildman–Crippen MR) is 225 cm³/mol. The first kappa shape index (κ1) is 38.1. The number of aromatic nitrogens is 2. The zero-order valence-corrected chi connectivity index (χ0v) is 32.4. The highest BCUT2D eigenvalue weighted by Crippen LogP contribution is 2.27. The van der Waals surface area contributed by atoms with Crippen LogP contribution in [0.5, 0.6) is 5.75 Å². The van der Waals surface area contributed by atoms with Crippen molar-refractivity contribution in [3.63, 3.8) is 0 Å². The van der Waals surface area contributed by atoms with Crippen molar-refractivity contribution in [1.29, 1.82) is 0 Å². The third kappa shape index (κ3) is 8.85. The monoisotopic (exact) mass is 764 g/mol. The van der Waals surface area contributed by atoms with Gasteiger partial charge in [0.15, 0.2) is 0 Å². The molecule has 0 unspecified atom stereocenters. The van der Waals surface area contributed by atoms with E-state index in [1.54, 1.807) is 19.5 Å². The van der Waals surface area contributed by atoms with E-state index in [-0.39, 0.29) is 11.8 Å². The Hall–Kier alpha value is -6.19. The third-order valence-electron chi connectivity index (χ3n) is 10.4. The first-order valence-corrected chi connectivity index (χ1v) is 19.2. The van der Waals surface area contributed by atoms with Gasteiger partial charge in [-0.2, -0.15) is 0 Å².